The van der Waals surface area contributed by atoms with Crippen molar-refractivity contribution in [3.63, 3.8) is 0 Å². The highest BCUT2D eigenvalue weighted by atomic mass is 35.5. The molecule has 0 aliphatic carbocycles. The fourth-order valence-corrected chi connectivity index (χ4v) is 3.54. The molecule has 0 unspecified atom stereocenters. The van der Waals surface area contributed by atoms with Crippen molar-refractivity contribution in [2.75, 3.05) is 0 Å². The van der Waals surface area contributed by atoms with Gasteiger partial charge in [-0.2, -0.15) is 4.98 Å². The van der Waals surface area contributed by atoms with Gasteiger partial charge in [0.2, 0.25) is 5.78 Å². The van der Waals surface area contributed by atoms with E-state index in [4.69, 9.17) is 11.6 Å². The van der Waals surface area contributed by atoms with Crippen LogP contribution < -0.4 is 11.2 Å². The second kappa shape index (κ2) is 6.20. The largest absolute Gasteiger partial charge is 0.333 e. The lowest BCUT2D eigenvalue weighted by Gasteiger charge is -2.12. The summed E-state index contributed by atoms with van der Waals surface area (Å²) in [6.07, 6.45) is 1.79. The zero-order chi connectivity index (χ0) is 20.3. The summed E-state index contributed by atoms with van der Waals surface area (Å²) in [7, 11) is 1.54. The molecule has 0 saturated heterocycles. The first kappa shape index (κ1) is 18.2. The highest BCUT2D eigenvalue weighted by Gasteiger charge is 2.24. The number of carbonyl (C=O) groups excluding carboxylic acids is 1. The fraction of sp³-hybridized carbons (Fsp3) is 0.263. The zero-order valence-corrected chi connectivity index (χ0v) is 16.6. The number of rotatable bonds is 3. The molecule has 3 aromatic heterocycles. The Bertz CT molecular complexity index is 1370. The zero-order valence-electron chi connectivity index (χ0n) is 15.8. The summed E-state index contributed by atoms with van der Waals surface area (Å²) in [6, 6.07) is 6.38. The number of imidazole rings is 2. The Kier molecular flexibility index (Phi) is 4.04. The van der Waals surface area contributed by atoms with Crippen molar-refractivity contribution < 1.29 is 4.79 Å². The summed E-state index contributed by atoms with van der Waals surface area (Å²) in [6.45, 7) is 4.79. The number of hydrogen-bond acceptors (Lipinski definition) is 4. The minimum atomic E-state index is -0.861. The molecule has 28 heavy (non-hydrogen) atoms. The van der Waals surface area contributed by atoms with Crippen LogP contribution in [0.5, 0.6) is 0 Å². The second-order valence-electron chi connectivity index (χ2n) is 6.84. The summed E-state index contributed by atoms with van der Waals surface area (Å²) in [5, 5.41) is 0.613. The first-order valence-corrected chi connectivity index (χ1v) is 9.08. The lowest BCUT2D eigenvalue weighted by atomic mass is 10.2. The van der Waals surface area contributed by atoms with Crippen molar-refractivity contribution in [1.82, 2.24) is 23.1 Å². The second-order valence-corrected chi connectivity index (χ2v) is 7.28. The molecule has 0 saturated carbocycles. The van der Waals surface area contributed by atoms with Crippen molar-refractivity contribution >= 4 is 34.3 Å². The van der Waals surface area contributed by atoms with E-state index in [0.29, 0.717) is 10.8 Å². The maximum Gasteiger partial charge on any atom is 0.333 e. The molecular weight excluding hydrogens is 382 g/mol. The molecule has 9 heteroatoms. The van der Waals surface area contributed by atoms with E-state index in [1.165, 1.54) is 11.5 Å². The van der Waals surface area contributed by atoms with Gasteiger partial charge in [0.1, 0.15) is 0 Å². The number of nitrogens with zero attached hydrogens (tertiary/aromatic N) is 5. The van der Waals surface area contributed by atoms with Crippen molar-refractivity contribution in [3.05, 3.63) is 62.0 Å². The first-order chi connectivity index (χ1) is 13.2. The van der Waals surface area contributed by atoms with Crippen molar-refractivity contribution in [2.45, 2.75) is 26.8 Å². The van der Waals surface area contributed by atoms with E-state index in [-0.39, 0.29) is 16.9 Å². The van der Waals surface area contributed by atoms with Crippen molar-refractivity contribution in [3.8, 4) is 5.69 Å². The van der Waals surface area contributed by atoms with Gasteiger partial charge >= 0.3 is 5.69 Å². The maximum atomic E-state index is 13.1. The van der Waals surface area contributed by atoms with Gasteiger partial charge in [0, 0.05) is 29.6 Å². The van der Waals surface area contributed by atoms with Crippen LogP contribution in [0, 0.1) is 6.92 Å². The maximum absolute atomic E-state index is 13.1. The smallest absolute Gasteiger partial charge is 0.298 e. The number of carbonyl (C=O) groups is 1. The fourth-order valence-electron chi connectivity index (χ4n) is 3.41. The Morgan fingerprint density at radius 2 is 1.82 bits per heavy atom. The molecule has 0 radical (unpaired) electrons. The third-order valence-electron chi connectivity index (χ3n) is 5.04. The molecule has 0 spiro atoms. The Morgan fingerprint density at radius 1 is 1.18 bits per heavy atom. The average Bonchev–Trinajstić information content (AvgIpc) is 3.15. The Balaban J connectivity index is 2.14. The number of Topliss-reactive ketones (excluding diaryl/α,β-unsaturated/α-hetero) is 1. The van der Waals surface area contributed by atoms with Crippen LogP contribution >= 0.6 is 11.6 Å². The minimum Gasteiger partial charge on any atom is -0.298 e. The van der Waals surface area contributed by atoms with Crippen molar-refractivity contribution in [1.29, 1.82) is 0 Å². The van der Waals surface area contributed by atoms with Crippen LogP contribution in [0.3, 0.4) is 0 Å². The molecule has 0 aliphatic heterocycles. The lowest BCUT2D eigenvalue weighted by Crippen LogP contribution is -2.42. The predicted octanol–water partition coefficient (Wildman–Crippen LogP) is 2.25. The molecule has 4 aromatic rings. The molecule has 1 atom stereocenters. The standard InChI is InChI=1S/C19H18ClN5O3/c1-10-9-23-15-16(21-18(23)24(10)14-7-5-13(20)6-8-14)22(4)19(28)25(17(15)27)11(2)12(3)26/h5-9,11H,1-4H3/t11-/m0/s1. The van der Waals surface area contributed by atoms with Gasteiger partial charge in [-0.1, -0.05) is 11.6 Å². The molecule has 0 fully saturated rings. The van der Waals surface area contributed by atoms with Gasteiger partial charge in [-0.25, -0.2) is 9.36 Å². The third kappa shape index (κ3) is 2.45. The molecule has 1 aromatic carbocycles. The van der Waals surface area contributed by atoms with Gasteiger partial charge in [0.15, 0.2) is 16.9 Å². The quantitative estimate of drug-likeness (QED) is 0.529. The van der Waals surface area contributed by atoms with E-state index in [9.17, 15) is 14.4 Å². The molecule has 4 rings (SSSR count). The SMILES string of the molecule is CC(=O)[C@H](C)n1c(=O)c2c(nc3n(-c4ccc(Cl)cc4)c(C)cn23)n(C)c1=O. The Labute approximate surface area is 164 Å². The van der Waals surface area contributed by atoms with Crippen LogP contribution in [-0.2, 0) is 11.8 Å². The molecular formula is C19H18ClN5O3. The molecule has 8 nitrogen and oxygen atoms in total. The lowest BCUT2D eigenvalue weighted by molar-refractivity contribution is -0.119. The molecule has 144 valence electrons. The van der Waals surface area contributed by atoms with E-state index >= 15 is 0 Å². The Morgan fingerprint density at radius 3 is 2.43 bits per heavy atom. The van der Waals surface area contributed by atoms with Gasteiger partial charge in [0.05, 0.1) is 6.04 Å². The summed E-state index contributed by atoms with van der Waals surface area (Å²) >= 11 is 5.99. The van der Waals surface area contributed by atoms with Crippen LogP contribution in [0.1, 0.15) is 25.6 Å². The van der Waals surface area contributed by atoms with Gasteiger partial charge in [0.25, 0.3) is 5.56 Å². The predicted molar refractivity (Wildman–Crippen MR) is 107 cm³/mol. The highest BCUT2D eigenvalue weighted by molar-refractivity contribution is 6.30. The van der Waals surface area contributed by atoms with Crippen LogP contribution in [-0.4, -0.2) is 28.9 Å². The molecule has 0 amide bonds. The van der Waals surface area contributed by atoms with Crippen LogP contribution in [0.15, 0.2) is 40.1 Å². The van der Waals surface area contributed by atoms with E-state index < -0.39 is 17.3 Å². The Hall–Kier alpha value is -3.13. The van der Waals surface area contributed by atoms with E-state index in [2.05, 4.69) is 4.98 Å². The van der Waals surface area contributed by atoms with Gasteiger partial charge in [-0.15, -0.1) is 0 Å². The van der Waals surface area contributed by atoms with E-state index in [1.54, 1.807) is 36.7 Å². The molecule has 3 heterocycles. The van der Waals surface area contributed by atoms with Gasteiger partial charge < -0.3 is 0 Å². The average molecular weight is 400 g/mol. The number of ketones is 1. The number of aryl methyl sites for hydroxylation is 2. The number of halogens is 1. The molecule has 0 bridgehead atoms. The minimum absolute atomic E-state index is 0.251. The third-order valence-corrected chi connectivity index (χ3v) is 5.29. The molecule has 0 N–H and O–H groups in total. The number of hydrogen-bond donors (Lipinski definition) is 0. The summed E-state index contributed by atoms with van der Waals surface area (Å²) in [5.74, 6) is 0.226. The summed E-state index contributed by atoms with van der Waals surface area (Å²) < 4.78 is 5.81. The van der Waals surface area contributed by atoms with E-state index in [0.717, 1.165) is 15.9 Å². The van der Waals surface area contributed by atoms with Gasteiger partial charge in [-0.3, -0.25) is 23.1 Å². The monoisotopic (exact) mass is 399 g/mol. The number of benzene rings is 1. The van der Waals surface area contributed by atoms with Crippen LogP contribution in [0.25, 0.3) is 22.6 Å². The van der Waals surface area contributed by atoms with Crippen molar-refractivity contribution in [2.24, 2.45) is 7.05 Å². The van der Waals surface area contributed by atoms with Crippen LogP contribution in [0.2, 0.25) is 5.02 Å². The number of aromatic nitrogens is 5. The summed E-state index contributed by atoms with van der Waals surface area (Å²) in [5.41, 5.74) is 1.08. The summed E-state index contributed by atoms with van der Waals surface area (Å²) in [4.78, 5) is 42.2. The normalized spacial score (nSPS) is 12.8. The van der Waals surface area contributed by atoms with Crippen LogP contribution in [0.4, 0.5) is 0 Å². The topological polar surface area (TPSA) is 83.3 Å². The first-order valence-electron chi connectivity index (χ1n) is 8.70. The van der Waals surface area contributed by atoms with E-state index in [1.807, 2.05) is 23.6 Å². The molecule has 0 aliphatic rings. The van der Waals surface area contributed by atoms with Gasteiger partial charge in [-0.05, 0) is 45.0 Å². The highest BCUT2D eigenvalue weighted by Crippen LogP contribution is 2.22. The number of fused-ring (bicyclic) bond motifs is 3.